The molecular formula is C33H36N4O4. The molecule has 0 saturated carbocycles. The van der Waals surface area contributed by atoms with Crippen LogP contribution in [0.15, 0.2) is 77.5 Å². The number of carbonyl (C=O) groups is 2. The first kappa shape index (κ1) is 28.1. The summed E-state index contributed by atoms with van der Waals surface area (Å²) in [7, 11) is 0. The molecule has 2 aromatic heterocycles. The van der Waals surface area contributed by atoms with Crippen LogP contribution in [0.25, 0.3) is 0 Å². The summed E-state index contributed by atoms with van der Waals surface area (Å²) in [5.41, 5.74) is 5.64. The molecule has 0 bridgehead atoms. The van der Waals surface area contributed by atoms with Crippen molar-refractivity contribution in [1.82, 2.24) is 20.2 Å². The lowest BCUT2D eigenvalue weighted by Crippen LogP contribution is -2.41. The highest BCUT2D eigenvalue weighted by molar-refractivity contribution is 5.91. The zero-order valence-corrected chi connectivity index (χ0v) is 23.8. The second kappa shape index (κ2) is 12.8. The summed E-state index contributed by atoms with van der Waals surface area (Å²) in [6.45, 7) is 7.41. The molecule has 0 radical (unpaired) electrons. The van der Waals surface area contributed by atoms with Crippen LogP contribution in [-0.2, 0) is 24.2 Å². The molecule has 0 aliphatic carbocycles. The van der Waals surface area contributed by atoms with Gasteiger partial charge in [0.15, 0.2) is 12.3 Å². The summed E-state index contributed by atoms with van der Waals surface area (Å²) < 4.78 is 11.6. The van der Waals surface area contributed by atoms with Crippen molar-refractivity contribution in [3.63, 3.8) is 0 Å². The normalized spacial score (nSPS) is 14.5. The van der Waals surface area contributed by atoms with E-state index in [1.54, 1.807) is 6.20 Å². The molecule has 1 aliphatic heterocycles. The molecule has 8 heteroatoms. The Bertz CT molecular complexity index is 1480. The van der Waals surface area contributed by atoms with Crippen molar-refractivity contribution < 1.29 is 18.7 Å². The summed E-state index contributed by atoms with van der Waals surface area (Å²) in [6, 6.07) is 19.9. The quantitative estimate of drug-likeness (QED) is 0.281. The van der Waals surface area contributed by atoms with Gasteiger partial charge in [0.25, 0.3) is 5.91 Å². The number of aryl methyl sites for hydroxylation is 1. The molecule has 41 heavy (non-hydrogen) atoms. The minimum Gasteiger partial charge on any atom is -0.484 e. The predicted octanol–water partition coefficient (Wildman–Crippen LogP) is 5.45. The average Bonchev–Trinajstić information content (AvgIpc) is 3.45. The fourth-order valence-electron chi connectivity index (χ4n) is 5.09. The van der Waals surface area contributed by atoms with E-state index in [4.69, 9.17) is 9.15 Å². The van der Waals surface area contributed by atoms with Gasteiger partial charge >= 0.3 is 0 Å². The summed E-state index contributed by atoms with van der Waals surface area (Å²) in [5, 5.41) is 2.84. The van der Waals surface area contributed by atoms with Gasteiger partial charge in [-0.15, -0.1) is 0 Å². The van der Waals surface area contributed by atoms with Gasteiger partial charge in [0.2, 0.25) is 11.8 Å². The third kappa shape index (κ3) is 7.01. The Balaban J connectivity index is 1.27. The van der Waals surface area contributed by atoms with Crippen LogP contribution in [0.1, 0.15) is 70.6 Å². The Morgan fingerprint density at radius 1 is 1.12 bits per heavy atom. The van der Waals surface area contributed by atoms with Gasteiger partial charge in [-0.2, -0.15) is 0 Å². The monoisotopic (exact) mass is 552 g/mol. The molecule has 2 aromatic carbocycles. The van der Waals surface area contributed by atoms with Crippen LogP contribution in [0.3, 0.4) is 0 Å². The van der Waals surface area contributed by atoms with E-state index >= 15 is 0 Å². The zero-order chi connectivity index (χ0) is 28.8. The van der Waals surface area contributed by atoms with Crippen LogP contribution in [0.5, 0.6) is 5.75 Å². The van der Waals surface area contributed by atoms with Crippen LogP contribution >= 0.6 is 0 Å². The van der Waals surface area contributed by atoms with Gasteiger partial charge in [-0.1, -0.05) is 55.8 Å². The third-order valence-electron chi connectivity index (χ3n) is 7.18. The lowest BCUT2D eigenvalue weighted by Gasteiger charge is -2.38. The van der Waals surface area contributed by atoms with Gasteiger partial charge in [0, 0.05) is 37.8 Å². The molecule has 0 saturated heterocycles. The highest BCUT2D eigenvalue weighted by Gasteiger charge is 2.32. The van der Waals surface area contributed by atoms with E-state index in [0.29, 0.717) is 37.6 Å². The largest absolute Gasteiger partial charge is 0.484 e. The predicted molar refractivity (Wildman–Crippen MR) is 155 cm³/mol. The van der Waals surface area contributed by atoms with Crippen LogP contribution in [0.2, 0.25) is 0 Å². The van der Waals surface area contributed by atoms with E-state index in [0.717, 1.165) is 23.2 Å². The molecule has 1 atom stereocenters. The number of fused-ring (bicyclic) bond motifs is 1. The summed E-state index contributed by atoms with van der Waals surface area (Å²) in [4.78, 5) is 36.4. The number of pyridine rings is 1. The van der Waals surface area contributed by atoms with Gasteiger partial charge in [-0.3, -0.25) is 14.6 Å². The molecule has 2 amide bonds. The number of nitrogens with zero attached hydrogens (tertiary/aromatic N) is 3. The fraction of sp³-hybridized carbons (Fsp3) is 0.333. The van der Waals surface area contributed by atoms with Gasteiger partial charge in [0.05, 0.1) is 6.04 Å². The summed E-state index contributed by atoms with van der Waals surface area (Å²) >= 11 is 0. The number of hydrogen-bond acceptors (Lipinski definition) is 6. The number of aromatic nitrogens is 2. The van der Waals surface area contributed by atoms with E-state index in [9.17, 15) is 9.59 Å². The maximum Gasteiger partial charge on any atom is 0.273 e. The molecule has 1 aliphatic rings. The van der Waals surface area contributed by atoms with E-state index in [1.807, 2.05) is 35.2 Å². The van der Waals surface area contributed by atoms with Crippen LogP contribution in [0, 0.1) is 12.8 Å². The standard InChI is InChI=1S/C33H36N4O4/c1-22(2)18-31(38)37-17-14-24-11-12-27(19-28(24)32(37)25-9-7-23(3)8-10-25)40-21-30-36-29(20-41-30)33(39)35-16-13-26-6-4-5-15-34-26/h4-12,15,19-20,22,32H,13-14,16-18,21H2,1-3H3,(H,35,39)/t32-/m1/s1. The van der Waals surface area contributed by atoms with Gasteiger partial charge in [-0.05, 0) is 60.2 Å². The molecule has 3 heterocycles. The number of carbonyl (C=O) groups excluding carboxylic acids is 2. The fourth-order valence-corrected chi connectivity index (χ4v) is 5.09. The number of rotatable bonds is 10. The second-order valence-electron chi connectivity index (χ2n) is 10.9. The minimum atomic E-state index is -0.309. The van der Waals surface area contributed by atoms with Crippen LogP contribution in [-0.4, -0.2) is 39.8 Å². The van der Waals surface area contributed by atoms with E-state index in [1.165, 1.54) is 17.4 Å². The van der Waals surface area contributed by atoms with Crippen LogP contribution in [0.4, 0.5) is 0 Å². The van der Waals surface area contributed by atoms with Crippen molar-refractivity contribution in [3.8, 4) is 5.75 Å². The maximum atomic E-state index is 13.3. The zero-order valence-electron chi connectivity index (χ0n) is 23.8. The minimum absolute atomic E-state index is 0.0746. The number of ether oxygens (including phenoxy) is 1. The first-order chi connectivity index (χ1) is 19.9. The second-order valence-corrected chi connectivity index (χ2v) is 10.9. The highest BCUT2D eigenvalue weighted by Crippen LogP contribution is 2.38. The van der Waals surface area contributed by atoms with Crippen molar-refractivity contribution >= 4 is 11.8 Å². The van der Waals surface area contributed by atoms with Crippen molar-refractivity contribution in [3.05, 3.63) is 113 Å². The number of benzene rings is 2. The molecule has 1 N–H and O–H groups in total. The Kier molecular flexibility index (Phi) is 8.77. The van der Waals surface area contributed by atoms with Gasteiger partial charge in [-0.25, -0.2) is 4.98 Å². The number of oxazole rings is 1. The number of hydrogen-bond donors (Lipinski definition) is 1. The Hall–Kier alpha value is -4.46. The first-order valence-corrected chi connectivity index (χ1v) is 14.1. The summed E-state index contributed by atoms with van der Waals surface area (Å²) in [6.07, 6.45) is 5.00. The lowest BCUT2D eigenvalue weighted by molar-refractivity contribution is -0.134. The molecule has 0 unspecified atom stereocenters. The van der Waals surface area contributed by atoms with Crippen LogP contribution < -0.4 is 10.1 Å². The topological polar surface area (TPSA) is 97.6 Å². The van der Waals surface area contributed by atoms with Gasteiger partial charge in [0.1, 0.15) is 12.0 Å². The molecule has 0 fully saturated rings. The smallest absolute Gasteiger partial charge is 0.273 e. The van der Waals surface area contributed by atoms with Gasteiger partial charge < -0.3 is 19.4 Å². The van der Waals surface area contributed by atoms with Crippen molar-refractivity contribution in [1.29, 1.82) is 0 Å². The first-order valence-electron chi connectivity index (χ1n) is 14.1. The summed E-state index contributed by atoms with van der Waals surface area (Å²) in [5.74, 6) is 1.09. The maximum absolute atomic E-state index is 13.3. The number of nitrogens with one attached hydrogen (secondary N) is 1. The Labute approximate surface area is 240 Å². The lowest BCUT2D eigenvalue weighted by atomic mass is 9.87. The van der Waals surface area contributed by atoms with Crippen molar-refractivity contribution in [2.75, 3.05) is 13.1 Å². The van der Waals surface area contributed by atoms with E-state index in [2.05, 4.69) is 66.4 Å². The Morgan fingerprint density at radius 3 is 2.71 bits per heavy atom. The van der Waals surface area contributed by atoms with Crippen molar-refractivity contribution in [2.24, 2.45) is 5.92 Å². The molecule has 5 rings (SSSR count). The molecular weight excluding hydrogens is 516 g/mol. The third-order valence-corrected chi connectivity index (χ3v) is 7.18. The van der Waals surface area contributed by atoms with E-state index < -0.39 is 0 Å². The SMILES string of the molecule is Cc1ccc([C@@H]2c3cc(OCc4nc(C(=O)NCCc5ccccn5)co4)ccc3CCN2C(=O)CC(C)C)cc1. The number of amides is 2. The van der Waals surface area contributed by atoms with Crippen molar-refractivity contribution in [2.45, 2.75) is 52.7 Å². The Morgan fingerprint density at radius 2 is 1.95 bits per heavy atom. The van der Waals surface area contributed by atoms with E-state index in [-0.39, 0.29) is 36.1 Å². The molecule has 212 valence electrons. The molecule has 4 aromatic rings. The average molecular weight is 553 g/mol. The molecule has 8 nitrogen and oxygen atoms in total. The molecule has 0 spiro atoms. The highest BCUT2D eigenvalue weighted by atomic mass is 16.5.